The summed E-state index contributed by atoms with van der Waals surface area (Å²) in [5.41, 5.74) is 1.57. The van der Waals surface area contributed by atoms with Gasteiger partial charge in [0.05, 0.1) is 4.90 Å². The number of rotatable bonds is 4. The number of hydrogen-bond donors (Lipinski definition) is 1. The Kier molecular flexibility index (Phi) is 5.65. The summed E-state index contributed by atoms with van der Waals surface area (Å²) in [6, 6.07) is 13.5. The predicted molar refractivity (Wildman–Crippen MR) is 102 cm³/mol. The molecule has 1 fully saturated rings. The van der Waals surface area contributed by atoms with Gasteiger partial charge in [0.25, 0.3) is 5.91 Å². The average Bonchev–Trinajstić information content (AvgIpc) is 2.63. The minimum Gasteiger partial charge on any atom is -0.349 e. The summed E-state index contributed by atoms with van der Waals surface area (Å²) in [6.45, 7) is 2.70. The van der Waals surface area contributed by atoms with E-state index in [4.69, 9.17) is 11.6 Å². The Labute approximate surface area is 159 Å². The minimum absolute atomic E-state index is 0.0392. The van der Waals surface area contributed by atoms with E-state index in [1.165, 1.54) is 4.31 Å². The third-order valence-corrected chi connectivity index (χ3v) is 6.72. The standard InChI is InChI=1S/C19H21ClN2O3S/c1-14-2-8-18(9-3-14)26(24,25)22-12-10-17(11-13-22)21-19(23)15-4-6-16(20)7-5-15/h2-9,17H,10-13H2,1H3,(H,21,23). The summed E-state index contributed by atoms with van der Waals surface area (Å²) >= 11 is 5.83. The molecule has 0 atom stereocenters. The number of benzene rings is 2. The molecule has 0 unspecified atom stereocenters. The third kappa shape index (κ3) is 4.26. The predicted octanol–water partition coefficient (Wildman–Crippen LogP) is 3.23. The molecule has 1 aliphatic heterocycles. The van der Waals surface area contributed by atoms with E-state index in [0.717, 1.165) is 5.56 Å². The van der Waals surface area contributed by atoms with Crippen molar-refractivity contribution in [3.63, 3.8) is 0 Å². The molecule has 7 heteroatoms. The summed E-state index contributed by atoms with van der Waals surface area (Å²) in [7, 11) is -3.48. The lowest BCUT2D eigenvalue weighted by Gasteiger charge is -2.31. The van der Waals surface area contributed by atoms with Gasteiger partial charge in [-0.1, -0.05) is 29.3 Å². The van der Waals surface area contributed by atoms with Crippen LogP contribution in [0.1, 0.15) is 28.8 Å². The maximum atomic E-state index is 12.7. The first-order chi connectivity index (χ1) is 12.4. The first-order valence-corrected chi connectivity index (χ1v) is 10.3. The number of carbonyl (C=O) groups is 1. The second-order valence-corrected chi connectivity index (χ2v) is 8.85. The van der Waals surface area contributed by atoms with Crippen LogP contribution in [0.4, 0.5) is 0 Å². The largest absolute Gasteiger partial charge is 0.349 e. The van der Waals surface area contributed by atoms with Gasteiger partial charge in [0.2, 0.25) is 10.0 Å². The van der Waals surface area contributed by atoms with Crippen molar-refractivity contribution in [3.8, 4) is 0 Å². The molecule has 3 rings (SSSR count). The molecule has 0 aliphatic carbocycles. The van der Waals surface area contributed by atoms with E-state index in [0.29, 0.717) is 41.4 Å². The fraction of sp³-hybridized carbons (Fsp3) is 0.316. The van der Waals surface area contributed by atoms with E-state index in [9.17, 15) is 13.2 Å². The highest BCUT2D eigenvalue weighted by molar-refractivity contribution is 7.89. The van der Waals surface area contributed by atoms with Crippen LogP contribution >= 0.6 is 11.6 Å². The molecule has 1 heterocycles. The monoisotopic (exact) mass is 392 g/mol. The number of piperidine rings is 1. The molecule has 5 nitrogen and oxygen atoms in total. The molecule has 1 N–H and O–H groups in total. The van der Waals surface area contributed by atoms with Gasteiger partial charge in [0.15, 0.2) is 0 Å². The molecule has 138 valence electrons. The van der Waals surface area contributed by atoms with Gasteiger partial charge in [0, 0.05) is 29.7 Å². The fourth-order valence-corrected chi connectivity index (χ4v) is 4.57. The normalized spacial score (nSPS) is 16.4. The summed E-state index contributed by atoms with van der Waals surface area (Å²) in [5, 5.41) is 3.55. The van der Waals surface area contributed by atoms with Crippen molar-refractivity contribution >= 4 is 27.5 Å². The van der Waals surface area contributed by atoms with Crippen LogP contribution in [-0.4, -0.2) is 37.8 Å². The second kappa shape index (κ2) is 7.78. The van der Waals surface area contributed by atoms with E-state index >= 15 is 0 Å². The molecule has 2 aromatic rings. The average molecular weight is 393 g/mol. The topological polar surface area (TPSA) is 66.5 Å². The van der Waals surface area contributed by atoms with Gasteiger partial charge in [-0.2, -0.15) is 4.31 Å². The zero-order valence-electron chi connectivity index (χ0n) is 14.5. The number of amides is 1. The molecule has 0 saturated carbocycles. The van der Waals surface area contributed by atoms with Crippen LogP contribution in [-0.2, 0) is 10.0 Å². The number of halogens is 1. The summed E-state index contributed by atoms with van der Waals surface area (Å²) in [4.78, 5) is 12.6. The van der Waals surface area contributed by atoms with Crippen LogP contribution in [0.5, 0.6) is 0 Å². The van der Waals surface area contributed by atoms with Crippen LogP contribution < -0.4 is 5.32 Å². The van der Waals surface area contributed by atoms with Gasteiger partial charge in [0.1, 0.15) is 0 Å². The quantitative estimate of drug-likeness (QED) is 0.868. The first-order valence-electron chi connectivity index (χ1n) is 8.49. The smallest absolute Gasteiger partial charge is 0.251 e. The molecule has 0 aromatic heterocycles. The van der Waals surface area contributed by atoms with Gasteiger partial charge in [-0.15, -0.1) is 0 Å². The van der Waals surface area contributed by atoms with Crippen molar-refractivity contribution in [1.29, 1.82) is 0 Å². The van der Waals surface area contributed by atoms with Gasteiger partial charge in [-0.3, -0.25) is 4.79 Å². The lowest BCUT2D eigenvalue weighted by Crippen LogP contribution is -2.46. The maximum Gasteiger partial charge on any atom is 0.251 e. The van der Waals surface area contributed by atoms with Crippen LogP contribution in [0.25, 0.3) is 0 Å². The van der Waals surface area contributed by atoms with E-state index in [1.807, 2.05) is 6.92 Å². The van der Waals surface area contributed by atoms with Gasteiger partial charge in [-0.25, -0.2) is 8.42 Å². The summed E-state index contributed by atoms with van der Waals surface area (Å²) in [5.74, 6) is -0.165. The van der Waals surface area contributed by atoms with E-state index < -0.39 is 10.0 Å². The van der Waals surface area contributed by atoms with Crippen LogP contribution in [0.15, 0.2) is 53.4 Å². The number of sulfonamides is 1. The molecule has 0 bridgehead atoms. The maximum absolute atomic E-state index is 12.7. The Morgan fingerprint density at radius 2 is 1.62 bits per heavy atom. The van der Waals surface area contributed by atoms with Crippen LogP contribution in [0.2, 0.25) is 5.02 Å². The number of nitrogens with one attached hydrogen (secondary N) is 1. The van der Waals surface area contributed by atoms with Crippen molar-refractivity contribution in [1.82, 2.24) is 9.62 Å². The Bertz CT molecular complexity index is 872. The Morgan fingerprint density at radius 1 is 1.04 bits per heavy atom. The van der Waals surface area contributed by atoms with Crippen molar-refractivity contribution in [3.05, 3.63) is 64.7 Å². The Morgan fingerprint density at radius 3 is 2.19 bits per heavy atom. The Balaban J connectivity index is 1.59. The number of hydrogen-bond acceptors (Lipinski definition) is 3. The minimum atomic E-state index is -3.48. The third-order valence-electron chi connectivity index (χ3n) is 4.55. The van der Waals surface area contributed by atoms with Gasteiger partial charge < -0.3 is 5.32 Å². The molecular weight excluding hydrogens is 372 g/mol. The zero-order chi connectivity index (χ0) is 18.7. The molecule has 0 spiro atoms. The van der Waals surface area contributed by atoms with E-state index in [1.54, 1.807) is 48.5 Å². The lowest BCUT2D eigenvalue weighted by atomic mass is 10.1. The molecule has 1 saturated heterocycles. The van der Waals surface area contributed by atoms with Crippen molar-refractivity contribution in [2.24, 2.45) is 0 Å². The highest BCUT2D eigenvalue weighted by Crippen LogP contribution is 2.21. The van der Waals surface area contributed by atoms with E-state index in [2.05, 4.69) is 5.32 Å². The van der Waals surface area contributed by atoms with Crippen molar-refractivity contribution in [2.75, 3.05) is 13.1 Å². The molecule has 1 amide bonds. The van der Waals surface area contributed by atoms with Crippen molar-refractivity contribution < 1.29 is 13.2 Å². The van der Waals surface area contributed by atoms with Gasteiger partial charge >= 0.3 is 0 Å². The summed E-state index contributed by atoms with van der Waals surface area (Å²) in [6.07, 6.45) is 1.18. The van der Waals surface area contributed by atoms with Gasteiger partial charge in [-0.05, 0) is 56.2 Å². The Hall–Kier alpha value is -1.89. The molecular formula is C19H21ClN2O3S. The zero-order valence-corrected chi connectivity index (χ0v) is 16.1. The van der Waals surface area contributed by atoms with Crippen molar-refractivity contribution in [2.45, 2.75) is 30.7 Å². The highest BCUT2D eigenvalue weighted by Gasteiger charge is 2.29. The SMILES string of the molecule is Cc1ccc(S(=O)(=O)N2CCC(NC(=O)c3ccc(Cl)cc3)CC2)cc1. The first kappa shape index (κ1) is 18.9. The number of aryl methyl sites for hydroxylation is 1. The number of carbonyl (C=O) groups excluding carboxylic acids is 1. The highest BCUT2D eigenvalue weighted by atomic mass is 35.5. The number of nitrogens with zero attached hydrogens (tertiary/aromatic N) is 1. The lowest BCUT2D eigenvalue weighted by molar-refractivity contribution is 0.0924. The van der Waals surface area contributed by atoms with Crippen LogP contribution in [0, 0.1) is 6.92 Å². The summed E-state index contributed by atoms with van der Waals surface area (Å²) < 4.78 is 26.9. The molecule has 2 aromatic carbocycles. The molecule has 26 heavy (non-hydrogen) atoms. The van der Waals surface area contributed by atoms with E-state index in [-0.39, 0.29) is 11.9 Å². The molecule has 1 aliphatic rings. The molecule has 0 radical (unpaired) electrons. The van der Waals surface area contributed by atoms with Crippen LogP contribution in [0.3, 0.4) is 0 Å². The second-order valence-electron chi connectivity index (χ2n) is 6.47. The fourth-order valence-electron chi connectivity index (χ4n) is 2.97.